The number of hydrogen-bond donors (Lipinski definition) is 1. The second-order valence-electron chi connectivity index (χ2n) is 3.88. The summed E-state index contributed by atoms with van der Waals surface area (Å²) in [4.78, 5) is 5.52. The first kappa shape index (κ1) is 11.2. The van der Waals surface area contributed by atoms with Crippen molar-refractivity contribution < 1.29 is 0 Å². The molecule has 86 valence electrons. The van der Waals surface area contributed by atoms with Gasteiger partial charge in [0.1, 0.15) is 0 Å². The largest absolute Gasteiger partial charge is 0.323 e. The summed E-state index contributed by atoms with van der Waals surface area (Å²) in [5, 5.41) is 8.98. The second kappa shape index (κ2) is 4.31. The highest BCUT2D eigenvalue weighted by atomic mass is 32.1. The van der Waals surface area contributed by atoms with E-state index in [2.05, 4.69) is 15.3 Å². The normalized spacial score (nSPS) is 13.0. The Morgan fingerprint density at radius 1 is 1.50 bits per heavy atom. The van der Waals surface area contributed by atoms with Gasteiger partial charge in [0, 0.05) is 30.6 Å². The molecule has 0 saturated carbocycles. The van der Waals surface area contributed by atoms with Gasteiger partial charge in [0.25, 0.3) is 0 Å². The predicted octanol–water partition coefficient (Wildman–Crippen LogP) is 1.13. The van der Waals surface area contributed by atoms with Gasteiger partial charge in [-0.05, 0) is 13.8 Å². The summed E-state index contributed by atoms with van der Waals surface area (Å²) >= 11 is 1.66. The van der Waals surface area contributed by atoms with Gasteiger partial charge >= 0.3 is 0 Å². The van der Waals surface area contributed by atoms with Crippen LogP contribution in [0, 0.1) is 13.8 Å². The van der Waals surface area contributed by atoms with Crippen molar-refractivity contribution >= 4 is 11.3 Å². The van der Waals surface area contributed by atoms with Gasteiger partial charge in [-0.15, -0.1) is 16.4 Å². The lowest BCUT2D eigenvalue weighted by atomic mass is 10.1. The van der Waals surface area contributed by atoms with Crippen LogP contribution in [0.5, 0.6) is 0 Å². The molecule has 1 atom stereocenters. The van der Waals surface area contributed by atoms with Crippen LogP contribution in [-0.4, -0.2) is 20.0 Å². The van der Waals surface area contributed by atoms with Gasteiger partial charge in [0.05, 0.1) is 16.4 Å². The van der Waals surface area contributed by atoms with E-state index in [9.17, 15) is 0 Å². The van der Waals surface area contributed by atoms with Crippen molar-refractivity contribution in [3.63, 3.8) is 0 Å². The number of rotatable bonds is 3. The Morgan fingerprint density at radius 2 is 2.25 bits per heavy atom. The van der Waals surface area contributed by atoms with E-state index >= 15 is 0 Å². The fourth-order valence-electron chi connectivity index (χ4n) is 1.70. The van der Waals surface area contributed by atoms with Crippen LogP contribution < -0.4 is 5.73 Å². The summed E-state index contributed by atoms with van der Waals surface area (Å²) in [6, 6.07) is -0.0390. The van der Waals surface area contributed by atoms with Crippen LogP contribution in [0.15, 0.2) is 6.20 Å². The average Bonchev–Trinajstić information content (AvgIpc) is 2.73. The number of aryl methyl sites for hydroxylation is 3. The van der Waals surface area contributed by atoms with E-state index in [0.29, 0.717) is 6.42 Å². The Balaban J connectivity index is 2.14. The molecule has 0 fully saturated rings. The van der Waals surface area contributed by atoms with Crippen LogP contribution in [0.3, 0.4) is 0 Å². The van der Waals surface area contributed by atoms with Crippen molar-refractivity contribution in [1.82, 2.24) is 20.0 Å². The third-order valence-corrected chi connectivity index (χ3v) is 3.56. The average molecular weight is 237 g/mol. The van der Waals surface area contributed by atoms with Gasteiger partial charge in [-0.25, -0.2) is 4.98 Å². The molecule has 0 spiro atoms. The zero-order valence-electron chi connectivity index (χ0n) is 9.64. The van der Waals surface area contributed by atoms with E-state index in [4.69, 9.17) is 5.73 Å². The first-order valence-corrected chi connectivity index (χ1v) is 5.92. The predicted molar refractivity (Wildman–Crippen MR) is 63.2 cm³/mol. The molecule has 0 bridgehead atoms. The maximum absolute atomic E-state index is 6.14. The van der Waals surface area contributed by atoms with Gasteiger partial charge in [0.2, 0.25) is 0 Å². The van der Waals surface area contributed by atoms with Crippen LogP contribution in [0.2, 0.25) is 0 Å². The van der Waals surface area contributed by atoms with Crippen molar-refractivity contribution in [3.05, 3.63) is 27.5 Å². The molecule has 1 unspecified atom stereocenters. The third kappa shape index (κ3) is 2.28. The molecule has 2 rings (SSSR count). The van der Waals surface area contributed by atoms with Gasteiger partial charge in [0.15, 0.2) is 0 Å². The summed E-state index contributed by atoms with van der Waals surface area (Å²) in [5.41, 5.74) is 8.09. The van der Waals surface area contributed by atoms with Gasteiger partial charge in [-0.1, -0.05) is 5.21 Å². The topological polar surface area (TPSA) is 69.6 Å². The molecular weight excluding hydrogens is 222 g/mol. The lowest BCUT2D eigenvalue weighted by molar-refractivity contribution is 0.697. The maximum Gasteiger partial charge on any atom is 0.0900 e. The Morgan fingerprint density at radius 3 is 2.75 bits per heavy atom. The molecule has 0 amide bonds. The summed E-state index contributed by atoms with van der Waals surface area (Å²) in [6.45, 7) is 3.99. The molecular formula is C10H15N5S. The van der Waals surface area contributed by atoms with Crippen LogP contribution >= 0.6 is 11.3 Å². The molecule has 16 heavy (non-hydrogen) atoms. The highest BCUT2D eigenvalue weighted by Crippen LogP contribution is 2.25. The van der Waals surface area contributed by atoms with E-state index < -0.39 is 0 Å². The number of aromatic nitrogens is 4. The highest BCUT2D eigenvalue weighted by molar-refractivity contribution is 7.11. The zero-order valence-corrected chi connectivity index (χ0v) is 10.5. The minimum Gasteiger partial charge on any atom is -0.323 e. The number of nitrogens with two attached hydrogens (primary N) is 1. The standard InChI is InChI=1S/C10H15N5S/c1-6-10(16-7(2)12-6)9(11)4-8-5-15(3)14-13-8/h5,9H,4,11H2,1-3H3. The number of thiazole rings is 1. The van der Waals surface area contributed by atoms with E-state index in [1.165, 1.54) is 0 Å². The van der Waals surface area contributed by atoms with Gasteiger partial charge in [-0.3, -0.25) is 4.68 Å². The monoisotopic (exact) mass is 237 g/mol. The Hall–Kier alpha value is -1.27. The lowest BCUT2D eigenvalue weighted by Gasteiger charge is -2.07. The van der Waals surface area contributed by atoms with E-state index in [1.54, 1.807) is 16.0 Å². The molecule has 2 N–H and O–H groups in total. The Kier molecular flexibility index (Phi) is 3.02. The molecule has 0 aromatic carbocycles. The minimum atomic E-state index is -0.0390. The zero-order chi connectivity index (χ0) is 11.7. The van der Waals surface area contributed by atoms with Crippen molar-refractivity contribution in [2.24, 2.45) is 12.8 Å². The molecule has 0 aliphatic rings. The summed E-state index contributed by atoms with van der Waals surface area (Å²) in [5.74, 6) is 0. The van der Waals surface area contributed by atoms with E-state index in [0.717, 1.165) is 21.3 Å². The van der Waals surface area contributed by atoms with Gasteiger partial charge < -0.3 is 5.73 Å². The van der Waals surface area contributed by atoms with Crippen LogP contribution in [0.25, 0.3) is 0 Å². The fraction of sp³-hybridized carbons (Fsp3) is 0.500. The molecule has 0 aliphatic carbocycles. The second-order valence-corrected chi connectivity index (χ2v) is 5.11. The number of nitrogens with zero attached hydrogens (tertiary/aromatic N) is 4. The van der Waals surface area contributed by atoms with E-state index in [1.807, 2.05) is 27.1 Å². The Labute approximate surface area is 98.3 Å². The van der Waals surface area contributed by atoms with Crippen molar-refractivity contribution in [2.45, 2.75) is 26.3 Å². The summed E-state index contributed by atoms with van der Waals surface area (Å²) in [6.07, 6.45) is 2.60. The molecule has 0 aliphatic heterocycles. The minimum absolute atomic E-state index is 0.0390. The fourth-order valence-corrected chi connectivity index (χ4v) is 2.63. The molecule has 0 radical (unpaired) electrons. The first-order valence-electron chi connectivity index (χ1n) is 5.11. The van der Waals surface area contributed by atoms with Crippen LogP contribution in [0.4, 0.5) is 0 Å². The molecule has 6 heteroatoms. The Bertz CT molecular complexity index is 487. The first-order chi connectivity index (χ1) is 7.56. The molecule has 2 heterocycles. The van der Waals surface area contributed by atoms with Crippen molar-refractivity contribution in [2.75, 3.05) is 0 Å². The van der Waals surface area contributed by atoms with Crippen LogP contribution in [-0.2, 0) is 13.5 Å². The molecule has 2 aromatic rings. The van der Waals surface area contributed by atoms with Gasteiger partial charge in [-0.2, -0.15) is 0 Å². The smallest absolute Gasteiger partial charge is 0.0900 e. The quantitative estimate of drug-likeness (QED) is 0.868. The number of hydrogen-bond acceptors (Lipinski definition) is 5. The molecule has 0 saturated heterocycles. The maximum atomic E-state index is 6.14. The van der Waals surface area contributed by atoms with Crippen LogP contribution in [0.1, 0.15) is 27.3 Å². The third-order valence-electron chi connectivity index (χ3n) is 2.36. The highest BCUT2D eigenvalue weighted by Gasteiger charge is 2.15. The summed E-state index contributed by atoms with van der Waals surface area (Å²) in [7, 11) is 1.85. The van der Waals surface area contributed by atoms with E-state index in [-0.39, 0.29) is 6.04 Å². The molecule has 2 aromatic heterocycles. The van der Waals surface area contributed by atoms with Crippen molar-refractivity contribution in [1.29, 1.82) is 0 Å². The summed E-state index contributed by atoms with van der Waals surface area (Å²) < 4.78 is 1.69. The SMILES string of the molecule is Cc1nc(C)c(C(N)Cc2cn(C)nn2)s1. The lowest BCUT2D eigenvalue weighted by Crippen LogP contribution is -2.13. The van der Waals surface area contributed by atoms with Crippen molar-refractivity contribution in [3.8, 4) is 0 Å². The molecule has 5 nitrogen and oxygen atoms in total.